The molecule has 0 aliphatic carbocycles. The van der Waals surface area contributed by atoms with Gasteiger partial charge >= 0.3 is 12.4 Å². The maximum Gasteiger partial charge on any atom is 0.416 e. The second-order valence-electron chi connectivity index (χ2n) is 8.40. The van der Waals surface area contributed by atoms with E-state index in [1.54, 1.807) is 12.1 Å². The van der Waals surface area contributed by atoms with Crippen LogP contribution >= 0.6 is 35.2 Å². The molecule has 0 atom stereocenters. The van der Waals surface area contributed by atoms with Gasteiger partial charge in [-0.25, -0.2) is 0 Å². The summed E-state index contributed by atoms with van der Waals surface area (Å²) in [6, 6.07) is 7.38. The summed E-state index contributed by atoms with van der Waals surface area (Å²) in [6.07, 6.45) is -9.79. The number of carbonyl (C=O) groups is 2. The molecule has 0 saturated heterocycles. The van der Waals surface area contributed by atoms with E-state index in [9.17, 15) is 35.9 Å². The predicted molar refractivity (Wildman–Crippen MR) is 139 cm³/mol. The van der Waals surface area contributed by atoms with E-state index in [0.717, 1.165) is 11.3 Å². The summed E-state index contributed by atoms with van der Waals surface area (Å²) in [4.78, 5) is 27.1. The quantitative estimate of drug-likeness (QED) is 0.232. The SMILES string of the molecule is NC(=O)c1c(NC(=O)c2ccccc2Cl)sc2c1CCN(C(=S)Nc1cc(C(F)(F)F)cc(C(F)(F)F)c1)C2. The fourth-order valence-electron chi connectivity index (χ4n) is 3.97. The van der Waals surface area contributed by atoms with Crippen LogP contribution in [0.25, 0.3) is 0 Å². The van der Waals surface area contributed by atoms with Crippen LogP contribution in [-0.2, 0) is 25.3 Å². The number of nitrogens with one attached hydrogen (secondary N) is 2. The minimum atomic E-state index is -5.01. The zero-order valence-electron chi connectivity index (χ0n) is 19.5. The zero-order chi connectivity index (χ0) is 28.7. The lowest BCUT2D eigenvalue weighted by molar-refractivity contribution is -0.143. The Morgan fingerprint density at radius 1 is 1.00 bits per heavy atom. The van der Waals surface area contributed by atoms with Gasteiger partial charge in [0.1, 0.15) is 5.00 Å². The van der Waals surface area contributed by atoms with E-state index < -0.39 is 41.0 Å². The van der Waals surface area contributed by atoms with Crippen molar-refractivity contribution in [1.29, 1.82) is 0 Å². The van der Waals surface area contributed by atoms with Gasteiger partial charge in [-0.15, -0.1) is 11.3 Å². The molecule has 2 aromatic carbocycles. The zero-order valence-corrected chi connectivity index (χ0v) is 21.9. The van der Waals surface area contributed by atoms with Gasteiger partial charge < -0.3 is 21.3 Å². The van der Waals surface area contributed by atoms with Crippen LogP contribution in [0.5, 0.6) is 0 Å². The lowest BCUT2D eigenvalue weighted by atomic mass is 10.0. The van der Waals surface area contributed by atoms with E-state index in [1.165, 1.54) is 17.0 Å². The monoisotopic (exact) mass is 606 g/mol. The van der Waals surface area contributed by atoms with Crippen molar-refractivity contribution in [2.24, 2.45) is 5.73 Å². The molecule has 1 aliphatic rings. The highest BCUT2D eigenvalue weighted by atomic mass is 35.5. The van der Waals surface area contributed by atoms with Crippen LogP contribution in [0.4, 0.5) is 37.0 Å². The number of rotatable bonds is 4. The lowest BCUT2D eigenvalue weighted by Crippen LogP contribution is -2.38. The number of hydrogen-bond acceptors (Lipinski definition) is 4. The molecular formula is C24H17ClF6N4O2S2. The minimum Gasteiger partial charge on any atom is -0.365 e. The van der Waals surface area contributed by atoms with Crippen molar-refractivity contribution in [3.05, 3.63) is 80.2 Å². The number of fused-ring (bicyclic) bond motifs is 1. The topological polar surface area (TPSA) is 87.5 Å². The van der Waals surface area contributed by atoms with Crippen LogP contribution in [0, 0.1) is 0 Å². The van der Waals surface area contributed by atoms with Crippen LogP contribution in [0.2, 0.25) is 5.02 Å². The Morgan fingerprint density at radius 3 is 2.18 bits per heavy atom. The highest BCUT2D eigenvalue weighted by molar-refractivity contribution is 7.80. The second kappa shape index (κ2) is 10.7. The van der Waals surface area contributed by atoms with Crippen LogP contribution in [0.15, 0.2) is 42.5 Å². The summed E-state index contributed by atoms with van der Waals surface area (Å²) < 4.78 is 79.2. The predicted octanol–water partition coefficient (Wildman–Crippen LogP) is 6.55. The molecule has 39 heavy (non-hydrogen) atoms. The summed E-state index contributed by atoms with van der Waals surface area (Å²) in [5, 5.41) is 5.36. The molecule has 2 heterocycles. The molecule has 6 nitrogen and oxygen atoms in total. The Labute approximate surface area is 231 Å². The van der Waals surface area contributed by atoms with E-state index in [-0.39, 0.29) is 51.8 Å². The second-order valence-corrected chi connectivity index (χ2v) is 10.3. The van der Waals surface area contributed by atoms with E-state index >= 15 is 0 Å². The van der Waals surface area contributed by atoms with Gasteiger partial charge in [0.25, 0.3) is 11.8 Å². The molecule has 2 amide bonds. The van der Waals surface area contributed by atoms with Crippen LogP contribution in [-0.4, -0.2) is 28.4 Å². The van der Waals surface area contributed by atoms with Crippen molar-refractivity contribution in [1.82, 2.24) is 4.90 Å². The van der Waals surface area contributed by atoms with Gasteiger partial charge in [0.2, 0.25) is 0 Å². The summed E-state index contributed by atoms with van der Waals surface area (Å²) in [5.41, 5.74) is 2.99. The standard InChI is InChI=1S/C24H17ClF6N4O2S2/c25-16-4-2-1-3-14(16)20(37)34-21-18(19(32)36)15-5-6-35(10-17(15)39-21)22(38)33-13-8-11(23(26,27)28)7-12(9-13)24(29,30)31/h1-4,7-9H,5-6,10H2,(H2,32,36)(H,33,38)(H,34,37). The van der Waals surface area contributed by atoms with Crippen molar-refractivity contribution >= 4 is 62.8 Å². The third-order valence-corrected chi connectivity index (χ3v) is 7.60. The summed E-state index contributed by atoms with van der Waals surface area (Å²) >= 11 is 12.4. The Hall–Kier alpha value is -3.36. The normalized spacial score (nSPS) is 13.6. The number of primary amides is 1. The number of halogens is 7. The van der Waals surface area contributed by atoms with E-state index in [4.69, 9.17) is 29.6 Å². The number of nitrogens with zero attached hydrogens (tertiary/aromatic N) is 1. The summed E-state index contributed by atoms with van der Waals surface area (Å²) in [7, 11) is 0. The number of nitrogens with two attached hydrogens (primary N) is 1. The van der Waals surface area contributed by atoms with Gasteiger partial charge in [-0.2, -0.15) is 26.3 Å². The van der Waals surface area contributed by atoms with Crippen molar-refractivity contribution in [2.75, 3.05) is 17.2 Å². The Bertz CT molecular complexity index is 1440. The maximum atomic E-state index is 13.2. The first-order chi connectivity index (χ1) is 18.1. The van der Waals surface area contributed by atoms with Gasteiger partial charge in [-0.1, -0.05) is 23.7 Å². The molecule has 15 heteroatoms. The third-order valence-electron chi connectivity index (χ3n) is 5.77. The van der Waals surface area contributed by atoms with E-state index in [2.05, 4.69) is 10.6 Å². The number of thiophene rings is 1. The number of benzene rings is 2. The minimum absolute atomic E-state index is 0.0247. The molecule has 1 aromatic heterocycles. The molecule has 0 bridgehead atoms. The summed E-state index contributed by atoms with van der Waals surface area (Å²) in [6.45, 7) is 0.248. The molecule has 0 fully saturated rings. The van der Waals surface area contributed by atoms with Gasteiger partial charge in [0.15, 0.2) is 5.11 Å². The Kier molecular flexibility index (Phi) is 7.83. The molecule has 0 radical (unpaired) electrons. The van der Waals surface area contributed by atoms with Crippen molar-refractivity contribution < 1.29 is 35.9 Å². The molecule has 0 spiro atoms. The smallest absolute Gasteiger partial charge is 0.365 e. The number of amides is 2. The van der Waals surface area contributed by atoms with E-state index in [1.807, 2.05) is 0 Å². The summed E-state index contributed by atoms with van der Waals surface area (Å²) in [5.74, 6) is -1.35. The van der Waals surface area contributed by atoms with E-state index in [0.29, 0.717) is 22.6 Å². The molecule has 3 aromatic rings. The molecule has 4 N–H and O–H groups in total. The van der Waals surface area contributed by atoms with Gasteiger partial charge in [-0.3, -0.25) is 9.59 Å². The lowest BCUT2D eigenvalue weighted by Gasteiger charge is -2.30. The molecular weight excluding hydrogens is 590 g/mol. The average Bonchev–Trinajstić information content (AvgIpc) is 3.20. The Morgan fingerprint density at radius 2 is 1.62 bits per heavy atom. The fraction of sp³-hybridized carbons (Fsp3) is 0.208. The fourth-order valence-corrected chi connectivity index (χ4v) is 5.73. The number of carbonyl (C=O) groups excluding carboxylic acids is 2. The highest BCUT2D eigenvalue weighted by Crippen LogP contribution is 2.39. The van der Waals surface area contributed by atoms with Gasteiger partial charge in [-0.05, 0) is 54.5 Å². The number of hydrogen-bond donors (Lipinski definition) is 3. The molecule has 0 unspecified atom stereocenters. The van der Waals surface area contributed by atoms with Gasteiger partial charge in [0.05, 0.1) is 33.8 Å². The third kappa shape index (κ3) is 6.28. The largest absolute Gasteiger partial charge is 0.416 e. The molecule has 4 rings (SSSR count). The maximum absolute atomic E-state index is 13.2. The average molecular weight is 607 g/mol. The van der Waals surface area contributed by atoms with Crippen molar-refractivity contribution in [3.8, 4) is 0 Å². The van der Waals surface area contributed by atoms with Gasteiger partial charge in [0, 0.05) is 17.1 Å². The van der Waals surface area contributed by atoms with Crippen LogP contribution in [0.3, 0.4) is 0 Å². The molecule has 0 saturated carbocycles. The first-order valence-electron chi connectivity index (χ1n) is 11.0. The molecule has 1 aliphatic heterocycles. The highest BCUT2D eigenvalue weighted by Gasteiger charge is 2.37. The number of anilines is 2. The van der Waals surface area contributed by atoms with Crippen LogP contribution < -0.4 is 16.4 Å². The van der Waals surface area contributed by atoms with Crippen molar-refractivity contribution in [2.45, 2.75) is 25.3 Å². The first-order valence-corrected chi connectivity index (χ1v) is 12.6. The van der Waals surface area contributed by atoms with Crippen LogP contribution in [0.1, 0.15) is 42.3 Å². The first kappa shape index (κ1) is 28.6. The Balaban J connectivity index is 1.57. The number of thiocarbonyl (C=S) groups is 1. The number of alkyl halides is 6. The molecule has 206 valence electrons. The van der Waals surface area contributed by atoms with Crippen molar-refractivity contribution in [3.63, 3.8) is 0 Å².